The number of methoxy groups -OCH3 is 1. The molecule has 0 bridgehead atoms. The van der Waals surface area contributed by atoms with E-state index in [1.165, 1.54) is 16.7 Å². The molecule has 0 unspecified atom stereocenters. The zero-order valence-corrected chi connectivity index (χ0v) is 17.2. The highest BCUT2D eigenvalue weighted by Crippen LogP contribution is 2.34. The van der Waals surface area contributed by atoms with Crippen LogP contribution >= 0.6 is 11.8 Å². The number of hydrogen-bond acceptors (Lipinski definition) is 5. The Balaban J connectivity index is 1.80. The van der Waals surface area contributed by atoms with Crippen molar-refractivity contribution in [3.63, 3.8) is 0 Å². The lowest BCUT2D eigenvalue weighted by Gasteiger charge is -2.13. The van der Waals surface area contributed by atoms with Gasteiger partial charge in [-0.25, -0.2) is 13.1 Å². The summed E-state index contributed by atoms with van der Waals surface area (Å²) in [7, 11) is -1.99. The van der Waals surface area contributed by atoms with Gasteiger partial charge in [0.2, 0.25) is 10.0 Å². The summed E-state index contributed by atoms with van der Waals surface area (Å²) < 4.78 is 31.6. The van der Waals surface area contributed by atoms with Crippen LogP contribution in [0, 0.1) is 13.8 Å². The topological polar surface area (TPSA) is 72.5 Å². The molecule has 1 amide bonds. The summed E-state index contributed by atoms with van der Waals surface area (Å²) in [6.45, 7) is 4.15. The molecule has 0 radical (unpaired) electrons. The maximum atomic E-state index is 12.4. The molecule has 1 N–H and O–H groups in total. The predicted octanol–water partition coefficient (Wildman–Crippen LogP) is 3.83. The minimum atomic E-state index is -3.57. The molecule has 0 saturated heterocycles. The summed E-state index contributed by atoms with van der Waals surface area (Å²) in [6, 6.07) is 11.2. The average molecular weight is 406 g/mol. The summed E-state index contributed by atoms with van der Waals surface area (Å²) in [5.74, 6) is 0.798. The monoisotopic (exact) mass is 405 g/mol. The highest BCUT2D eigenvalue weighted by molar-refractivity contribution is 7.98. The Morgan fingerprint density at radius 2 is 1.85 bits per heavy atom. The van der Waals surface area contributed by atoms with E-state index in [1.807, 2.05) is 6.07 Å². The van der Waals surface area contributed by atoms with Gasteiger partial charge in [0.05, 0.1) is 17.3 Å². The van der Waals surface area contributed by atoms with Crippen molar-refractivity contribution in [3.05, 3.63) is 58.7 Å². The van der Waals surface area contributed by atoms with Gasteiger partial charge in [-0.15, -0.1) is 11.8 Å². The Bertz CT molecular complexity index is 946. The van der Waals surface area contributed by atoms with Crippen LogP contribution in [0.3, 0.4) is 0 Å². The van der Waals surface area contributed by atoms with E-state index >= 15 is 0 Å². The SMILES string of the molecule is COc1ccc(C(=O)NS(=O)(=O)C2CC2)cc1SCc1c(C)cccc1C. The van der Waals surface area contributed by atoms with Crippen LogP contribution in [0.2, 0.25) is 0 Å². The summed E-state index contributed by atoms with van der Waals surface area (Å²) in [4.78, 5) is 13.2. The van der Waals surface area contributed by atoms with Gasteiger partial charge >= 0.3 is 0 Å². The Kier molecular flexibility index (Phi) is 5.81. The summed E-state index contributed by atoms with van der Waals surface area (Å²) in [5.41, 5.74) is 3.98. The molecule has 2 aromatic carbocycles. The Morgan fingerprint density at radius 3 is 2.44 bits per heavy atom. The third-order valence-electron chi connectivity index (χ3n) is 4.64. The molecule has 0 aromatic heterocycles. The van der Waals surface area contributed by atoms with E-state index in [2.05, 4.69) is 30.7 Å². The number of hydrogen-bond donors (Lipinski definition) is 1. The van der Waals surface area contributed by atoms with Crippen LogP contribution < -0.4 is 9.46 Å². The third-order valence-corrected chi connectivity index (χ3v) is 7.52. The molecular weight excluding hydrogens is 382 g/mol. The molecule has 0 atom stereocenters. The number of carbonyl (C=O) groups excluding carboxylic acids is 1. The Hall–Kier alpha value is -1.99. The first-order chi connectivity index (χ1) is 12.8. The molecular formula is C20H23NO4S2. The molecule has 0 spiro atoms. The lowest BCUT2D eigenvalue weighted by molar-refractivity contribution is 0.0981. The van der Waals surface area contributed by atoms with Gasteiger partial charge in [0, 0.05) is 11.3 Å². The van der Waals surface area contributed by atoms with Gasteiger partial charge in [-0.2, -0.15) is 0 Å². The molecule has 144 valence electrons. The summed E-state index contributed by atoms with van der Waals surface area (Å²) >= 11 is 1.57. The molecule has 3 rings (SSSR count). The second kappa shape index (κ2) is 7.94. The van der Waals surface area contributed by atoms with E-state index in [0.717, 1.165) is 10.6 Å². The number of amides is 1. The van der Waals surface area contributed by atoms with Crippen LogP contribution in [0.4, 0.5) is 0 Å². The van der Waals surface area contributed by atoms with Crippen molar-refractivity contribution in [3.8, 4) is 5.75 Å². The fourth-order valence-electron chi connectivity index (χ4n) is 2.81. The fourth-order valence-corrected chi connectivity index (χ4v) is 5.37. The van der Waals surface area contributed by atoms with Crippen molar-refractivity contribution in [2.75, 3.05) is 7.11 Å². The molecule has 0 heterocycles. The van der Waals surface area contributed by atoms with Gasteiger partial charge in [-0.3, -0.25) is 4.79 Å². The van der Waals surface area contributed by atoms with E-state index in [4.69, 9.17) is 4.74 Å². The van der Waals surface area contributed by atoms with Crippen molar-refractivity contribution >= 4 is 27.7 Å². The van der Waals surface area contributed by atoms with Crippen LogP contribution in [0.5, 0.6) is 5.75 Å². The minimum absolute atomic E-state index is 0.309. The van der Waals surface area contributed by atoms with Crippen LogP contribution in [0.1, 0.15) is 39.9 Å². The number of nitrogens with one attached hydrogen (secondary N) is 1. The quantitative estimate of drug-likeness (QED) is 0.709. The van der Waals surface area contributed by atoms with Gasteiger partial charge in [0.25, 0.3) is 5.91 Å². The van der Waals surface area contributed by atoms with Gasteiger partial charge in [0.15, 0.2) is 0 Å². The molecule has 27 heavy (non-hydrogen) atoms. The number of benzene rings is 2. The first-order valence-corrected chi connectivity index (χ1v) is 11.3. The number of sulfonamides is 1. The fraction of sp³-hybridized carbons (Fsp3) is 0.350. The lowest BCUT2D eigenvalue weighted by atomic mass is 10.1. The maximum Gasteiger partial charge on any atom is 0.264 e. The van der Waals surface area contributed by atoms with Gasteiger partial charge in [0.1, 0.15) is 5.75 Å². The van der Waals surface area contributed by atoms with Crippen molar-refractivity contribution in [2.45, 2.75) is 42.6 Å². The summed E-state index contributed by atoms with van der Waals surface area (Å²) in [6.07, 6.45) is 1.23. The first kappa shape index (κ1) is 19.8. The average Bonchev–Trinajstić information content (AvgIpc) is 3.46. The minimum Gasteiger partial charge on any atom is -0.496 e. The van der Waals surface area contributed by atoms with Crippen LogP contribution in [0.15, 0.2) is 41.3 Å². The van der Waals surface area contributed by atoms with E-state index in [0.29, 0.717) is 24.2 Å². The van der Waals surface area contributed by atoms with Crippen molar-refractivity contribution < 1.29 is 17.9 Å². The zero-order valence-electron chi connectivity index (χ0n) is 15.6. The molecule has 5 nitrogen and oxygen atoms in total. The van der Waals surface area contributed by atoms with Gasteiger partial charge in [-0.1, -0.05) is 18.2 Å². The largest absolute Gasteiger partial charge is 0.496 e. The van der Waals surface area contributed by atoms with Crippen molar-refractivity contribution in [1.82, 2.24) is 4.72 Å². The summed E-state index contributed by atoms with van der Waals surface area (Å²) in [5, 5.41) is -0.433. The maximum absolute atomic E-state index is 12.4. The van der Waals surface area contributed by atoms with Crippen LogP contribution in [0.25, 0.3) is 0 Å². The predicted molar refractivity (Wildman–Crippen MR) is 108 cm³/mol. The number of rotatable bonds is 7. The number of carbonyl (C=O) groups is 1. The molecule has 1 aliphatic rings. The van der Waals surface area contributed by atoms with Crippen molar-refractivity contribution in [1.29, 1.82) is 0 Å². The highest BCUT2D eigenvalue weighted by atomic mass is 32.2. The Morgan fingerprint density at radius 1 is 1.19 bits per heavy atom. The first-order valence-electron chi connectivity index (χ1n) is 8.73. The highest BCUT2D eigenvalue weighted by Gasteiger charge is 2.37. The van der Waals surface area contributed by atoms with Crippen molar-refractivity contribution in [2.24, 2.45) is 0 Å². The molecule has 1 aliphatic carbocycles. The van der Waals surface area contributed by atoms with Gasteiger partial charge in [-0.05, 0) is 61.6 Å². The molecule has 2 aromatic rings. The van der Waals surface area contributed by atoms with E-state index in [9.17, 15) is 13.2 Å². The van der Waals surface area contributed by atoms with Crippen LogP contribution in [-0.4, -0.2) is 26.7 Å². The number of aryl methyl sites for hydroxylation is 2. The zero-order chi connectivity index (χ0) is 19.6. The third kappa shape index (κ3) is 4.65. The Labute approximate surface area is 164 Å². The normalized spacial score (nSPS) is 14.0. The second-order valence-corrected chi connectivity index (χ2v) is 9.68. The molecule has 0 aliphatic heterocycles. The van der Waals surface area contributed by atoms with E-state index in [-0.39, 0.29) is 0 Å². The molecule has 7 heteroatoms. The smallest absolute Gasteiger partial charge is 0.264 e. The molecule has 1 saturated carbocycles. The standard InChI is InChI=1S/C20H23NO4S2/c1-13-5-4-6-14(2)17(13)12-26-19-11-15(7-10-18(19)25-3)20(22)21-27(23,24)16-8-9-16/h4-7,10-11,16H,8-9,12H2,1-3H3,(H,21,22). The number of ether oxygens (including phenoxy) is 1. The molecule has 1 fully saturated rings. The van der Waals surface area contributed by atoms with E-state index < -0.39 is 21.2 Å². The van der Waals surface area contributed by atoms with E-state index in [1.54, 1.807) is 37.1 Å². The number of thioether (sulfide) groups is 1. The van der Waals surface area contributed by atoms with Crippen LogP contribution in [-0.2, 0) is 15.8 Å². The van der Waals surface area contributed by atoms with Gasteiger partial charge < -0.3 is 4.74 Å². The second-order valence-electron chi connectivity index (χ2n) is 6.70. The lowest BCUT2D eigenvalue weighted by Crippen LogP contribution is -2.33.